The fourth-order valence-electron chi connectivity index (χ4n) is 3.15. The molecule has 1 saturated heterocycles. The van der Waals surface area contributed by atoms with E-state index in [1.807, 2.05) is 59.0 Å². The zero-order valence-electron chi connectivity index (χ0n) is 13.1. The van der Waals surface area contributed by atoms with Crippen LogP contribution in [-0.2, 0) is 7.05 Å². The van der Waals surface area contributed by atoms with E-state index in [4.69, 9.17) is 0 Å². The SMILES string of the molecule is CC(O)C1CCN(C(=O)c2ccc(-c3ccccc3)n2C)C1. The van der Waals surface area contributed by atoms with Crippen LogP contribution in [0.4, 0.5) is 0 Å². The van der Waals surface area contributed by atoms with Crippen LogP contribution in [0.1, 0.15) is 23.8 Å². The number of rotatable bonds is 3. The third-order valence-electron chi connectivity index (χ3n) is 4.60. The molecule has 22 heavy (non-hydrogen) atoms. The van der Waals surface area contributed by atoms with Gasteiger partial charge >= 0.3 is 0 Å². The predicted octanol–water partition coefficient (Wildman–Crippen LogP) is 2.54. The van der Waals surface area contributed by atoms with Crippen molar-refractivity contribution in [2.45, 2.75) is 19.4 Å². The Balaban J connectivity index is 1.82. The molecule has 0 bridgehead atoms. The highest BCUT2D eigenvalue weighted by atomic mass is 16.3. The smallest absolute Gasteiger partial charge is 0.270 e. The number of amides is 1. The summed E-state index contributed by atoms with van der Waals surface area (Å²) in [5.74, 6) is 0.241. The van der Waals surface area contributed by atoms with E-state index in [9.17, 15) is 9.90 Å². The summed E-state index contributed by atoms with van der Waals surface area (Å²) in [5.41, 5.74) is 2.84. The molecule has 3 rings (SSSR count). The highest BCUT2D eigenvalue weighted by Crippen LogP contribution is 2.25. The summed E-state index contributed by atoms with van der Waals surface area (Å²) in [6.07, 6.45) is 0.519. The van der Waals surface area contributed by atoms with Crippen LogP contribution in [0.2, 0.25) is 0 Å². The molecule has 2 unspecified atom stereocenters. The first kappa shape index (κ1) is 14.9. The van der Waals surface area contributed by atoms with Gasteiger partial charge in [-0.25, -0.2) is 0 Å². The molecule has 1 aromatic heterocycles. The number of nitrogens with zero attached hydrogens (tertiary/aromatic N) is 2. The van der Waals surface area contributed by atoms with Gasteiger partial charge in [-0.2, -0.15) is 0 Å². The monoisotopic (exact) mass is 298 g/mol. The minimum Gasteiger partial charge on any atom is -0.393 e. The maximum absolute atomic E-state index is 12.7. The lowest BCUT2D eigenvalue weighted by Crippen LogP contribution is -2.31. The van der Waals surface area contributed by atoms with Gasteiger partial charge in [0.15, 0.2) is 0 Å². The average molecular weight is 298 g/mol. The number of hydrogen-bond acceptors (Lipinski definition) is 2. The summed E-state index contributed by atoms with van der Waals surface area (Å²) in [5, 5.41) is 9.69. The Morgan fingerprint density at radius 3 is 2.59 bits per heavy atom. The van der Waals surface area contributed by atoms with Gasteiger partial charge in [-0.3, -0.25) is 4.79 Å². The largest absolute Gasteiger partial charge is 0.393 e. The minimum atomic E-state index is -0.355. The molecule has 2 heterocycles. The minimum absolute atomic E-state index is 0.0489. The maximum Gasteiger partial charge on any atom is 0.270 e. The summed E-state index contributed by atoms with van der Waals surface area (Å²) in [6.45, 7) is 3.16. The van der Waals surface area contributed by atoms with E-state index in [0.717, 1.165) is 24.2 Å². The van der Waals surface area contributed by atoms with Crippen LogP contribution < -0.4 is 0 Å². The van der Waals surface area contributed by atoms with E-state index in [2.05, 4.69) is 0 Å². The molecule has 2 aromatic rings. The summed E-state index contributed by atoms with van der Waals surface area (Å²) in [7, 11) is 1.93. The first-order valence-corrected chi connectivity index (χ1v) is 7.76. The van der Waals surface area contributed by atoms with Crippen molar-refractivity contribution in [3.63, 3.8) is 0 Å². The molecule has 1 N–H and O–H groups in total. The zero-order valence-corrected chi connectivity index (χ0v) is 13.1. The van der Waals surface area contributed by atoms with E-state index in [1.54, 1.807) is 6.92 Å². The van der Waals surface area contributed by atoms with Gasteiger partial charge in [0.2, 0.25) is 0 Å². The zero-order chi connectivity index (χ0) is 15.7. The van der Waals surface area contributed by atoms with Crippen molar-refractivity contribution < 1.29 is 9.90 Å². The van der Waals surface area contributed by atoms with Gasteiger partial charge in [-0.15, -0.1) is 0 Å². The van der Waals surface area contributed by atoms with Crippen LogP contribution in [0.5, 0.6) is 0 Å². The topological polar surface area (TPSA) is 45.5 Å². The number of aliphatic hydroxyl groups is 1. The average Bonchev–Trinajstić information content (AvgIpc) is 3.14. The van der Waals surface area contributed by atoms with Gasteiger partial charge in [-0.05, 0) is 31.0 Å². The fourth-order valence-corrected chi connectivity index (χ4v) is 3.15. The van der Waals surface area contributed by atoms with Gasteiger partial charge in [0, 0.05) is 31.7 Å². The lowest BCUT2D eigenvalue weighted by atomic mass is 10.0. The molecule has 0 spiro atoms. The summed E-state index contributed by atoms with van der Waals surface area (Å²) in [6, 6.07) is 13.9. The summed E-state index contributed by atoms with van der Waals surface area (Å²) < 4.78 is 1.95. The van der Waals surface area contributed by atoms with Crippen molar-refractivity contribution in [2.75, 3.05) is 13.1 Å². The second-order valence-corrected chi connectivity index (χ2v) is 6.07. The Bertz CT molecular complexity index is 661. The number of hydrogen-bond donors (Lipinski definition) is 1. The van der Waals surface area contributed by atoms with Crippen LogP contribution in [0.3, 0.4) is 0 Å². The number of likely N-dealkylation sites (tertiary alicyclic amines) is 1. The van der Waals surface area contributed by atoms with E-state index < -0.39 is 0 Å². The van der Waals surface area contributed by atoms with Crippen molar-refractivity contribution in [3.05, 3.63) is 48.2 Å². The molecule has 0 aliphatic carbocycles. The van der Waals surface area contributed by atoms with Gasteiger partial charge < -0.3 is 14.6 Å². The van der Waals surface area contributed by atoms with E-state index >= 15 is 0 Å². The summed E-state index contributed by atoms with van der Waals surface area (Å²) in [4.78, 5) is 14.6. The van der Waals surface area contributed by atoms with Crippen molar-refractivity contribution >= 4 is 5.91 Å². The van der Waals surface area contributed by atoms with Crippen LogP contribution in [0.15, 0.2) is 42.5 Å². The van der Waals surface area contributed by atoms with Crippen LogP contribution in [-0.4, -0.2) is 39.7 Å². The molecule has 1 amide bonds. The molecule has 4 nitrogen and oxygen atoms in total. The Morgan fingerprint density at radius 2 is 1.95 bits per heavy atom. The van der Waals surface area contributed by atoms with Gasteiger partial charge in [0.1, 0.15) is 5.69 Å². The van der Waals surface area contributed by atoms with Crippen molar-refractivity contribution in [1.29, 1.82) is 0 Å². The van der Waals surface area contributed by atoms with Crippen LogP contribution in [0.25, 0.3) is 11.3 Å². The predicted molar refractivity (Wildman–Crippen MR) is 86.5 cm³/mol. The number of aromatic nitrogens is 1. The molecule has 1 fully saturated rings. The first-order chi connectivity index (χ1) is 10.6. The summed E-state index contributed by atoms with van der Waals surface area (Å²) >= 11 is 0. The number of carbonyl (C=O) groups excluding carboxylic acids is 1. The number of carbonyl (C=O) groups is 1. The van der Waals surface area contributed by atoms with E-state index in [1.165, 1.54) is 0 Å². The van der Waals surface area contributed by atoms with Crippen LogP contribution >= 0.6 is 0 Å². The molecule has 116 valence electrons. The van der Waals surface area contributed by atoms with E-state index in [0.29, 0.717) is 12.2 Å². The Labute approximate surface area is 131 Å². The normalized spacial score (nSPS) is 19.4. The third kappa shape index (κ3) is 2.66. The fraction of sp³-hybridized carbons (Fsp3) is 0.389. The van der Waals surface area contributed by atoms with Gasteiger partial charge in [0.25, 0.3) is 5.91 Å². The third-order valence-corrected chi connectivity index (χ3v) is 4.60. The second-order valence-electron chi connectivity index (χ2n) is 6.07. The lowest BCUT2D eigenvalue weighted by molar-refractivity contribution is 0.0753. The molecule has 1 aromatic carbocycles. The van der Waals surface area contributed by atoms with Crippen molar-refractivity contribution in [1.82, 2.24) is 9.47 Å². The van der Waals surface area contributed by atoms with Crippen LogP contribution in [0, 0.1) is 5.92 Å². The Kier molecular flexibility index (Phi) is 4.03. The highest BCUT2D eigenvalue weighted by molar-refractivity contribution is 5.94. The lowest BCUT2D eigenvalue weighted by Gasteiger charge is -2.18. The van der Waals surface area contributed by atoms with Gasteiger partial charge in [-0.1, -0.05) is 30.3 Å². The molecular formula is C18H22N2O2. The quantitative estimate of drug-likeness (QED) is 0.946. The molecule has 1 aliphatic rings. The number of aliphatic hydroxyl groups excluding tert-OH is 1. The van der Waals surface area contributed by atoms with Crippen molar-refractivity contribution in [3.8, 4) is 11.3 Å². The molecule has 0 radical (unpaired) electrons. The Morgan fingerprint density at radius 1 is 1.23 bits per heavy atom. The molecule has 0 saturated carbocycles. The Hall–Kier alpha value is -2.07. The number of benzene rings is 1. The standard InChI is InChI=1S/C18H22N2O2/c1-13(21)15-10-11-20(12-15)18(22)17-9-8-16(19(17)2)14-6-4-3-5-7-14/h3-9,13,15,21H,10-12H2,1-2H3. The maximum atomic E-state index is 12.7. The molecule has 2 atom stereocenters. The van der Waals surface area contributed by atoms with Gasteiger partial charge in [0.05, 0.1) is 6.10 Å². The van der Waals surface area contributed by atoms with E-state index in [-0.39, 0.29) is 17.9 Å². The molecular weight excluding hydrogens is 276 g/mol. The highest BCUT2D eigenvalue weighted by Gasteiger charge is 2.30. The molecule has 1 aliphatic heterocycles. The molecule has 4 heteroatoms. The first-order valence-electron chi connectivity index (χ1n) is 7.76. The second kappa shape index (κ2) is 5.97. The van der Waals surface area contributed by atoms with Crippen molar-refractivity contribution in [2.24, 2.45) is 13.0 Å².